The summed E-state index contributed by atoms with van der Waals surface area (Å²) < 4.78 is 6.56. The van der Waals surface area contributed by atoms with Crippen molar-refractivity contribution in [3.8, 4) is 62.0 Å². The molecule has 0 amide bonds. The van der Waals surface area contributed by atoms with E-state index in [-0.39, 0.29) is 21.7 Å². The number of benzene rings is 5. The first-order chi connectivity index (χ1) is 33.0. The van der Waals surface area contributed by atoms with Gasteiger partial charge in [-0.25, -0.2) is 4.98 Å². The Morgan fingerprint density at radius 1 is 0.478 bits per heavy atom. The Kier molecular flexibility index (Phi) is 10.6. The molecule has 0 unspecified atom stereocenters. The summed E-state index contributed by atoms with van der Waals surface area (Å²) in [5, 5.41) is 25.7. The molecule has 14 rings (SSSR count). The van der Waals surface area contributed by atoms with E-state index in [0.717, 1.165) is 91.6 Å². The van der Waals surface area contributed by atoms with E-state index in [4.69, 9.17) is 9.72 Å². The average molecular weight is 916 g/mol. The molecule has 8 aliphatic carbocycles. The first kappa shape index (κ1) is 44.8. The zero-order valence-corrected chi connectivity index (χ0v) is 42.3. The molecule has 0 aliphatic heterocycles. The van der Waals surface area contributed by atoms with Gasteiger partial charge in [-0.15, -0.1) is 0 Å². The molecule has 69 heavy (non-hydrogen) atoms. The SMILES string of the molecule is Cc1ccc(OCc2cc(-c3ccccc3-c3cc(C(C)(C)C)cc(C45CC6CC(CC(C6)C4)C5)c3O)nc(-c3ccccc3-c3cc(C(C)(C)C)cc(C45CC6CC(CC(C6)C4)C5)c3O)c2)cc1. The smallest absolute Gasteiger partial charge is 0.127 e. The molecule has 0 radical (unpaired) electrons. The summed E-state index contributed by atoms with van der Waals surface area (Å²) in [4.78, 5) is 5.65. The molecule has 0 spiro atoms. The second-order valence-corrected chi connectivity index (χ2v) is 25.7. The summed E-state index contributed by atoms with van der Waals surface area (Å²) in [6.45, 7) is 16.3. The van der Waals surface area contributed by atoms with Crippen LogP contribution < -0.4 is 4.74 Å². The van der Waals surface area contributed by atoms with Crippen molar-refractivity contribution in [2.45, 2.75) is 154 Å². The molecule has 8 fully saturated rings. The Hall–Kier alpha value is -5.35. The maximum Gasteiger partial charge on any atom is 0.127 e. The highest BCUT2D eigenvalue weighted by Gasteiger charge is 2.54. The Bertz CT molecular complexity index is 2720. The second-order valence-electron chi connectivity index (χ2n) is 25.7. The highest BCUT2D eigenvalue weighted by Crippen LogP contribution is 2.64. The molecule has 0 saturated heterocycles. The summed E-state index contributed by atoms with van der Waals surface area (Å²) >= 11 is 0. The van der Waals surface area contributed by atoms with Crippen LogP contribution in [-0.4, -0.2) is 15.2 Å². The van der Waals surface area contributed by atoms with Gasteiger partial charge in [-0.05, 0) is 205 Å². The molecule has 1 heterocycles. The highest BCUT2D eigenvalue weighted by molar-refractivity contribution is 5.90. The van der Waals surface area contributed by atoms with Crippen LogP contribution in [0.25, 0.3) is 44.8 Å². The average Bonchev–Trinajstić information content (AvgIpc) is 3.30. The quantitative estimate of drug-likeness (QED) is 0.152. The zero-order chi connectivity index (χ0) is 47.6. The molecule has 6 aromatic rings. The van der Waals surface area contributed by atoms with Gasteiger partial charge in [0.15, 0.2) is 0 Å². The summed E-state index contributed by atoms with van der Waals surface area (Å²) in [5.74, 6) is 6.31. The maximum absolute atomic E-state index is 12.9. The Morgan fingerprint density at radius 2 is 0.841 bits per heavy atom. The van der Waals surface area contributed by atoms with Gasteiger partial charge in [-0.3, -0.25) is 0 Å². The molecule has 8 bridgehead atoms. The fourth-order valence-corrected chi connectivity index (χ4v) is 15.9. The summed E-state index contributed by atoms with van der Waals surface area (Å²) in [5.41, 5.74) is 14.3. The molecule has 8 aliphatic rings. The van der Waals surface area contributed by atoms with Gasteiger partial charge >= 0.3 is 0 Å². The number of phenolic OH excluding ortho intramolecular Hbond substituents is 2. The fourth-order valence-electron chi connectivity index (χ4n) is 15.9. The number of hydrogen-bond donors (Lipinski definition) is 2. The van der Waals surface area contributed by atoms with Crippen molar-refractivity contribution in [2.24, 2.45) is 35.5 Å². The molecule has 356 valence electrons. The first-order valence-electron chi connectivity index (χ1n) is 26.7. The Morgan fingerprint density at radius 3 is 1.20 bits per heavy atom. The number of aromatic hydroxyl groups is 2. The third-order valence-electron chi connectivity index (χ3n) is 18.5. The second kappa shape index (κ2) is 16.4. The van der Waals surface area contributed by atoms with Crippen LogP contribution in [0.1, 0.15) is 152 Å². The van der Waals surface area contributed by atoms with E-state index in [1.807, 2.05) is 12.1 Å². The zero-order valence-electron chi connectivity index (χ0n) is 42.3. The number of phenols is 2. The lowest BCUT2D eigenvalue weighted by atomic mass is 9.47. The number of aryl methyl sites for hydroxylation is 1. The van der Waals surface area contributed by atoms with E-state index in [1.54, 1.807) is 0 Å². The van der Waals surface area contributed by atoms with Crippen molar-refractivity contribution in [3.63, 3.8) is 0 Å². The molecule has 4 nitrogen and oxygen atoms in total. The van der Waals surface area contributed by atoms with E-state index < -0.39 is 0 Å². The van der Waals surface area contributed by atoms with Crippen LogP contribution in [0.5, 0.6) is 17.2 Å². The predicted molar refractivity (Wildman–Crippen MR) is 282 cm³/mol. The van der Waals surface area contributed by atoms with Gasteiger partial charge in [0.25, 0.3) is 0 Å². The van der Waals surface area contributed by atoms with Crippen molar-refractivity contribution in [3.05, 3.63) is 143 Å². The third-order valence-corrected chi connectivity index (χ3v) is 18.5. The van der Waals surface area contributed by atoms with E-state index >= 15 is 0 Å². The molecule has 5 aromatic carbocycles. The van der Waals surface area contributed by atoms with Crippen LogP contribution in [0, 0.1) is 42.4 Å². The molecule has 8 saturated carbocycles. The van der Waals surface area contributed by atoms with Crippen molar-refractivity contribution < 1.29 is 14.9 Å². The monoisotopic (exact) mass is 916 g/mol. The first-order valence-corrected chi connectivity index (χ1v) is 26.7. The lowest BCUT2D eigenvalue weighted by Crippen LogP contribution is -2.48. The van der Waals surface area contributed by atoms with Crippen molar-refractivity contribution in [2.75, 3.05) is 0 Å². The van der Waals surface area contributed by atoms with Gasteiger partial charge in [-0.2, -0.15) is 0 Å². The van der Waals surface area contributed by atoms with Crippen molar-refractivity contribution in [1.29, 1.82) is 0 Å². The maximum atomic E-state index is 12.9. The van der Waals surface area contributed by atoms with Gasteiger partial charge in [-0.1, -0.05) is 120 Å². The van der Waals surface area contributed by atoms with Gasteiger partial charge in [0.05, 0.1) is 11.4 Å². The summed E-state index contributed by atoms with van der Waals surface area (Å²) in [6.07, 6.45) is 15.3. The van der Waals surface area contributed by atoms with Crippen molar-refractivity contribution >= 4 is 0 Å². The van der Waals surface area contributed by atoms with Crippen LogP contribution in [0.2, 0.25) is 0 Å². The predicted octanol–water partition coefficient (Wildman–Crippen LogP) is 16.6. The molecule has 4 heteroatoms. The van der Waals surface area contributed by atoms with Gasteiger partial charge in [0, 0.05) is 33.4 Å². The number of nitrogens with zero attached hydrogens (tertiary/aromatic N) is 1. The molecule has 1 aromatic heterocycles. The van der Waals surface area contributed by atoms with Crippen LogP contribution in [0.3, 0.4) is 0 Å². The van der Waals surface area contributed by atoms with Gasteiger partial charge in [0.1, 0.15) is 23.9 Å². The molecule has 0 atom stereocenters. The van der Waals surface area contributed by atoms with Crippen LogP contribution in [-0.2, 0) is 28.3 Å². The molecular formula is C65H73NO3. The van der Waals surface area contributed by atoms with Crippen LogP contribution in [0.4, 0.5) is 0 Å². The van der Waals surface area contributed by atoms with E-state index in [1.165, 1.54) is 105 Å². The minimum Gasteiger partial charge on any atom is -0.507 e. The third kappa shape index (κ3) is 8.01. The summed E-state index contributed by atoms with van der Waals surface area (Å²) in [7, 11) is 0. The lowest BCUT2D eigenvalue weighted by Gasteiger charge is -2.57. The van der Waals surface area contributed by atoms with E-state index in [2.05, 4.69) is 146 Å². The molecule has 2 N–H and O–H groups in total. The Labute approximate surface area is 412 Å². The van der Waals surface area contributed by atoms with Crippen LogP contribution in [0.15, 0.2) is 109 Å². The number of ether oxygens (including phenoxy) is 1. The number of rotatable bonds is 9. The minimum atomic E-state index is -0.109. The number of pyridine rings is 1. The topological polar surface area (TPSA) is 62.6 Å². The number of aromatic nitrogens is 1. The fraction of sp³-hybridized carbons (Fsp3) is 0.462. The van der Waals surface area contributed by atoms with Gasteiger partial charge < -0.3 is 14.9 Å². The minimum absolute atomic E-state index is 0.0254. The standard InChI is InChI=1S/C65H73NO3/c1-39-16-18-49(19-17-39)69-38-46-26-58(52-14-10-8-12-50(52)54-28-47(62(2,3)4)30-56(60(54)67)64-32-40-20-41(33-64)22-42(21-40)34-64)66-59(27-46)53-15-11-9-13-51(53)55-29-48(63(5,6)7)31-57(61(55)68)65-35-43-23-44(36-65)25-45(24-43)37-65/h8-19,26-31,40-45,67-68H,20-25,32-38H2,1-7H3. The largest absolute Gasteiger partial charge is 0.507 e. The van der Waals surface area contributed by atoms with Gasteiger partial charge in [0.2, 0.25) is 0 Å². The highest BCUT2D eigenvalue weighted by atomic mass is 16.5. The lowest BCUT2D eigenvalue weighted by molar-refractivity contribution is -0.00631. The summed E-state index contributed by atoms with van der Waals surface area (Å²) in [6, 6.07) is 39.1. The van der Waals surface area contributed by atoms with E-state index in [9.17, 15) is 10.2 Å². The van der Waals surface area contributed by atoms with Crippen molar-refractivity contribution in [1.82, 2.24) is 4.98 Å². The molecular weight excluding hydrogens is 843 g/mol. The number of hydrogen-bond acceptors (Lipinski definition) is 4. The van der Waals surface area contributed by atoms with Crippen LogP contribution >= 0.6 is 0 Å². The normalized spacial score (nSPS) is 27.8. The Balaban J connectivity index is 1.02. The van der Waals surface area contributed by atoms with E-state index in [0.29, 0.717) is 18.1 Å².